The van der Waals surface area contributed by atoms with E-state index in [1.165, 1.54) is 0 Å². The number of nitrogens with one attached hydrogen (secondary N) is 1. The summed E-state index contributed by atoms with van der Waals surface area (Å²) in [6.45, 7) is 0.918. The number of hydrogen-bond acceptors (Lipinski definition) is 3. The highest BCUT2D eigenvalue weighted by Gasteiger charge is 2.34. The van der Waals surface area contributed by atoms with Crippen LogP contribution in [0.25, 0.3) is 0 Å². The molecule has 0 spiro atoms. The Morgan fingerprint density at radius 3 is 2.85 bits per heavy atom. The van der Waals surface area contributed by atoms with E-state index < -0.39 is 6.10 Å². The largest absolute Gasteiger partial charge is 0.383 e. The fraction of sp³-hybridized carbons (Fsp3) is 0.667. The minimum absolute atomic E-state index is 0.193. The van der Waals surface area contributed by atoms with E-state index in [1.807, 2.05) is 0 Å². The van der Waals surface area contributed by atoms with Gasteiger partial charge in [0.15, 0.2) is 0 Å². The van der Waals surface area contributed by atoms with Crippen molar-refractivity contribution in [1.82, 2.24) is 5.32 Å². The predicted molar refractivity (Wildman–Crippen MR) is 49.9 cm³/mol. The number of carbonyl (C=O) groups is 1. The molecule has 0 aliphatic heterocycles. The van der Waals surface area contributed by atoms with E-state index in [9.17, 15) is 9.90 Å². The van der Waals surface area contributed by atoms with Crippen molar-refractivity contribution in [2.75, 3.05) is 13.1 Å². The molecule has 0 unspecified atom stereocenters. The van der Waals surface area contributed by atoms with Crippen molar-refractivity contribution in [3.05, 3.63) is 12.2 Å². The normalized spacial score (nSPS) is 18.9. The molecular formula is C9H16N2O2. The second kappa shape index (κ2) is 4.99. The van der Waals surface area contributed by atoms with E-state index in [1.54, 1.807) is 12.2 Å². The maximum atomic E-state index is 11.2. The van der Waals surface area contributed by atoms with Gasteiger partial charge in [-0.3, -0.25) is 4.79 Å². The van der Waals surface area contributed by atoms with Crippen LogP contribution in [0.2, 0.25) is 0 Å². The van der Waals surface area contributed by atoms with E-state index in [2.05, 4.69) is 5.32 Å². The van der Waals surface area contributed by atoms with Crippen LogP contribution in [0.3, 0.4) is 0 Å². The van der Waals surface area contributed by atoms with Crippen LogP contribution in [0.5, 0.6) is 0 Å². The van der Waals surface area contributed by atoms with Crippen molar-refractivity contribution in [3.8, 4) is 0 Å². The third-order valence-corrected chi connectivity index (χ3v) is 2.03. The lowest BCUT2D eigenvalue weighted by molar-refractivity contribution is -0.130. The molecule has 0 bridgehead atoms. The van der Waals surface area contributed by atoms with Crippen LogP contribution in [0.1, 0.15) is 12.8 Å². The number of nitrogens with two attached hydrogens (primary N) is 1. The van der Waals surface area contributed by atoms with E-state index in [0.717, 1.165) is 12.8 Å². The van der Waals surface area contributed by atoms with Gasteiger partial charge in [0.2, 0.25) is 5.91 Å². The number of carbonyl (C=O) groups excluding carboxylic acids is 1. The lowest BCUT2D eigenvalue weighted by Gasteiger charge is -2.07. The lowest BCUT2D eigenvalue weighted by atomic mass is 10.2. The molecule has 4 heteroatoms. The fourth-order valence-corrected chi connectivity index (χ4v) is 1.07. The first kappa shape index (κ1) is 10.2. The van der Waals surface area contributed by atoms with Gasteiger partial charge in [0.05, 0.1) is 0 Å². The highest BCUT2D eigenvalue weighted by atomic mass is 16.3. The van der Waals surface area contributed by atoms with Crippen LogP contribution in [0.4, 0.5) is 0 Å². The number of aliphatic hydroxyl groups is 1. The summed E-state index contributed by atoms with van der Waals surface area (Å²) < 4.78 is 0. The van der Waals surface area contributed by atoms with Gasteiger partial charge >= 0.3 is 0 Å². The summed E-state index contributed by atoms with van der Waals surface area (Å²) in [5.41, 5.74) is 5.21. The zero-order valence-corrected chi connectivity index (χ0v) is 7.57. The molecule has 0 saturated heterocycles. The summed E-state index contributed by atoms with van der Waals surface area (Å²) in [7, 11) is 0. The van der Waals surface area contributed by atoms with Crippen LogP contribution in [0.15, 0.2) is 12.2 Å². The number of aliphatic hydroxyl groups excluding tert-OH is 1. The smallest absolute Gasteiger partial charge is 0.249 e. The molecule has 1 fully saturated rings. The van der Waals surface area contributed by atoms with Gasteiger partial charge in [-0.25, -0.2) is 0 Å². The average Bonchev–Trinajstić information content (AvgIpc) is 2.94. The average molecular weight is 184 g/mol. The zero-order valence-electron chi connectivity index (χ0n) is 7.57. The molecule has 1 aliphatic rings. The Morgan fingerprint density at radius 1 is 1.62 bits per heavy atom. The molecule has 0 aromatic carbocycles. The molecule has 13 heavy (non-hydrogen) atoms. The van der Waals surface area contributed by atoms with E-state index >= 15 is 0 Å². The van der Waals surface area contributed by atoms with E-state index in [-0.39, 0.29) is 11.8 Å². The maximum absolute atomic E-state index is 11.2. The first-order valence-corrected chi connectivity index (χ1v) is 4.56. The predicted octanol–water partition coefficient (Wildman–Crippen LogP) is -0.612. The third-order valence-electron chi connectivity index (χ3n) is 2.03. The number of hydrogen-bond donors (Lipinski definition) is 3. The van der Waals surface area contributed by atoms with Crippen LogP contribution in [-0.4, -0.2) is 30.2 Å². The SMILES string of the molecule is NC/C=C/CNC(=O)[C@@H](O)C1CC1. The standard InChI is InChI=1S/C9H16N2O2/c10-5-1-2-6-11-9(13)8(12)7-3-4-7/h1-2,7-8,12H,3-6,10H2,(H,11,13)/b2-1+/t8-/m0/s1. The molecule has 1 amide bonds. The molecule has 1 aliphatic carbocycles. The summed E-state index contributed by atoms with van der Waals surface area (Å²) in [4.78, 5) is 11.2. The van der Waals surface area contributed by atoms with Crippen molar-refractivity contribution in [3.63, 3.8) is 0 Å². The number of rotatable bonds is 5. The first-order valence-electron chi connectivity index (χ1n) is 4.56. The van der Waals surface area contributed by atoms with Crippen LogP contribution >= 0.6 is 0 Å². The second-order valence-corrected chi connectivity index (χ2v) is 3.23. The summed E-state index contributed by atoms with van der Waals surface area (Å²) in [6, 6.07) is 0. The Kier molecular flexibility index (Phi) is 3.92. The fourth-order valence-electron chi connectivity index (χ4n) is 1.07. The van der Waals surface area contributed by atoms with Crippen molar-refractivity contribution >= 4 is 5.91 Å². The van der Waals surface area contributed by atoms with Gasteiger partial charge in [-0.2, -0.15) is 0 Å². The highest BCUT2D eigenvalue weighted by molar-refractivity contribution is 5.81. The quantitative estimate of drug-likeness (QED) is 0.499. The van der Waals surface area contributed by atoms with Gasteiger partial charge in [-0.05, 0) is 18.8 Å². The highest BCUT2D eigenvalue weighted by Crippen LogP contribution is 2.32. The van der Waals surface area contributed by atoms with Crippen molar-refractivity contribution in [2.24, 2.45) is 11.7 Å². The molecule has 0 aromatic rings. The van der Waals surface area contributed by atoms with Crippen LogP contribution in [0, 0.1) is 5.92 Å². The summed E-state index contributed by atoms with van der Waals surface area (Å²) >= 11 is 0. The molecule has 74 valence electrons. The van der Waals surface area contributed by atoms with Gasteiger partial charge in [0.1, 0.15) is 6.10 Å². The van der Waals surface area contributed by atoms with Crippen LogP contribution in [-0.2, 0) is 4.79 Å². The Hall–Kier alpha value is -0.870. The Morgan fingerprint density at radius 2 is 2.31 bits per heavy atom. The minimum Gasteiger partial charge on any atom is -0.383 e. The first-order chi connectivity index (χ1) is 6.25. The van der Waals surface area contributed by atoms with Crippen molar-refractivity contribution < 1.29 is 9.90 Å². The molecule has 0 radical (unpaired) electrons. The Bertz CT molecular complexity index is 200. The molecule has 1 atom stereocenters. The molecule has 1 rings (SSSR count). The van der Waals surface area contributed by atoms with Crippen molar-refractivity contribution in [2.45, 2.75) is 18.9 Å². The van der Waals surface area contributed by atoms with Crippen molar-refractivity contribution in [1.29, 1.82) is 0 Å². The zero-order chi connectivity index (χ0) is 9.68. The maximum Gasteiger partial charge on any atom is 0.249 e. The van der Waals surface area contributed by atoms with E-state index in [0.29, 0.717) is 13.1 Å². The molecule has 0 aromatic heterocycles. The Labute approximate surface area is 77.8 Å². The lowest BCUT2D eigenvalue weighted by Crippen LogP contribution is -2.35. The van der Waals surface area contributed by atoms with Crippen LogP contribution < -0.4 is 11.1 Å². The Balaban J connectivity index is 2.12. The summed E-state index contributed by atoms with van der Waals surface area (Å²) in [5, 5.41) is 12.0. The van der Waals surface area contributed by atoms with E-state index in [4.69, 9.17) is 5.73 Å². The molecule has 0 heterocycles. The summed E-state index contributed by atoms with van der Waals surface area (Å²) in [5.74, 6) is -0.0809. The minimum atomic E-state index is -0.814. The molecule has 1 saturated carbocycles. The number of amides is 1. The molecule has 4 N–H and O–H groups in total. The van der Waals surface area contributed by atoms with Gasteiger partial charge in [0, 0.05) is 13.1 Å². The molecule has 4 nitrogen and oxygen atoms in total. The monoisotopic (exact) mass is 184 g/mol. The van der Waals surface area contributed by atoms with Gasteiger partial charge in [-0.15, -0.1) is 0 Å². The molecular weight excluding hydrogens is 168 g/mol. The second-order valence-electron chi connectivity index (χ2n) is 3.23. The van der Waals surface area contributed by atoms with Gasteiger partial charge < -0.3 is 16.2 Å². The van der Waals surface area contributed by atoms with Gasteiger partial charge in [-0.1, -0.05) is 12.2 Å². The summed E-state index contributed by atoms with van der Waals surface area (Å²) in [6.07, 6.45) is 4.66. The van der Waals surface area contributed by atoms with Gasteiger partial charge in [0.25, 0.3) is 0 Å². The third kappa shape index (κ3) is 3.57. The topological polar surface area (TPSA) is 75.3 Å².